The Labute approximate surface area is 160 Å². The van der Waals surface area contributed by atoms with Crippen molar-refractivity contribution in [1.29, 1.82) is 0 Å². The number of benzene rings is 1. The number of aromatic nitrogens is 2. The van der Waals surface area contributed by atoms with Gasteiger partial charge in [-0.3, -0.25) is 4.79 Å². The van der Waals surface area contributed by atoms with Crippen molar-refractivity contribution in [1.82, 2.24) is 14.7 Å². The molecule has 27 heavy (non-hydrogen) atoms. The Balaban J connectivity index is 1.13. The molecule has 1 aromatic carbocycles. The first-order chi connectivity index (χ1) is 13.2. The zero-order valence-corrected chi connectivity index (χ0v) is 15.8. The fraction of sp³-hybridized carbons (Fsp3) is 0.545. The molecule has 5 rings (SSSR count). The summed E-state index contributed by atoms with van der Waals surface area (Å²) in [6, 6.07) is 8.44. The number of rotatable bonds is 5. The summed E-state index contributed by atoms with van der Waals surface area (Å²) in [6.45, 7) is 4.81. The molecule has 0 atom stereocenters. The topological polar surface area (TPSA) is 47.4 Å². The van der Waals surface area contributed by atoms with Gasteiger partial charge in [-0.15, -0.1) is 0 Å². The van der Waals surface area contributed by atoms with Crippen LogP contribution in [0.4, 0.5) is 0 Å². The summed E-state index contributed by atoms with van der Waals surface area (Å²) in [7, 11) is 0. The van der Waals surface area contributed by atoms with E-state index < -0.39 is 0 Å². The first-order valence-corrected chi connectivity index (χ1v) is 10.3. The molecule has 1 aliphatic carbocycles. The molecule has 0 unspecified atom stereocenters. The Morgan fingerprint density at radius 3 is 2.89 bits per heavy atom. The molecule has 3 heterocycles. The van der Waals surface area contributed by atoms with Crippen LogP contribution < -0.4 is 10.3 Å². The highest BCUT2D eigenvalue weighted by Crippen LogP contribution is 2.26. The minimum absolute atomic E-state index is 0.0782. The molecule has 3 aliphatic rings. The standard InChI is InChI=1S/C22H27N3O2/c26-22-12-18-3-1-2-4-20(18)23-25(22)15-17-13-24(14-17)9-7-16-5-6-21-19(11-16)8-10-27-21/h5-6,11-12,17H,1-4,7-10,13-15H2. The molecule has 0 spiro atoms. The molecule has 0 N–H and O–H groups in total. The van der Waals surface area contributed by atoms with Crippen LogP contribution in [0.3, 0.4) is 0 Å². The van der Waals surface area contributed by atoms with Crippen LogP contribution in [0.1, 0.15) is 35.2 Å². The van der Waals surface area contributed by atoms with Crippen LogP contribution in [-0.2, 0) is 32.2 Å². The number of hydrogen-bond donors (Lipinski definition) is 0. The molecule has 0 bridgehead atoms. The highest BCUT2D eigenvalue weighted by atomic mass is 16.5. The fourth-order valence-corrected chi connectivity index (χ4v) is 4.63. The first kappa shape index (κ1) is 17.0. The fourth-order valence-electron chi connectivity index (χ4n) is 4.63. The average Bonchev–Trinajstić information content (AvgIpc) is 3.11. The lowest BCUT2D eigenvalue weighted by molar-refractivity contribution is 0.0853. The van der Waals surface area contributed by atoms with Crippen molar-refractivity contribution in [3.05, 3.63) is 57.0 Å². The second-order valence-corrected chi connectivity index (χ2v) is 8.26. The largest absolute Gasteiger partial charge is 0.493 e. The molecule has 1 aromatic heterocycles. The van der Waals surface area contributed by atoms with E-state index in [0.717, 1.165) is 69.9 Å². The van der Waals surface area contributed by atoms with Crippen molar-refractivity contribution < 1.29 is 4.74 Å². The van der Waals surface area contributed by atoms with Crippen molar-refractivity contribution in [3.63, 3.8) is 0 Å². The van der Waals surface area contributed by atoms with E-state index in [-0.39, 0.29) is 5.56 Å². The second kappa shape index (κ2) is 7.12. The third-order valence-corrected chi connectivity index (χ3v) is 6.21. The average molecular weight is 365 g/mol. The van der Waals surface area contributed by atoms with Crippen LogP contribution in [0.2, 0.25) is 0 Å². The Hall–Kier alpha value is -2.14. The minimum Gasteiger partial charge on any atom is -0.493 e. The number of fused-ring (bicyclic) bond motifs is 2. The van der Waals surface area contributed by atoms with Crippen molar-refractivity contribution in [2.24, 2.45) is 5.92 Å². The normalized spacial score (nSPS) is 19.3. The van der Waals surface area contributed by atoms with Crippen molar-refractivity contribution in [2.45, 2.75) is 45.1 Å². The quantitative estimate of drug-likeness (QED) is 0.815. The molecule has 0 saturated carbocycles. The molecular weight excluding hydrogens is 338 g/mol. The predicted octanol–water partition coefficient (Wildman–Crippen LogP) is 2.23. The smallest absolute Gasteiger partial charge is 0.267 e. The third-order valence-electron chi connectivity index (χ3n) is 6.21. The lowest BCUT2D eigenvalue weighted by Gasteiger charge is -2.39. The maximum absolute atomic E-state index is 12.3. The number of aryl methyl sites for hydroxylation is 2. The molecule has 0 radical (unpaired) electrons. The summed E-state index contributed by atoms with van der Waals surface area (Å²) in [5, 5.41) is 4.66. The van der Waals surface area contributed by atoms with Crippen LogP contribution in [0.5, 0.6) is 5.75 Å². The molecule has 0 amide bonds. The Kier molecular flexibility index (Phi) is 4.48. The van der Waals surface area contributed by atoms with Gasteiger partial charge in [0.05, 0.1) is 18.8 Å². The lowest BCUT2D eigenvalue weighted by Crippen LogP contribution is -2.50. The SMILES string of the molecule is O=c1cc2c(nn1CC1CN(CCc3ccc4c(c3)CCO4)C1)CCCC2. The van der Waals surface area contributed by atoms with E-state index in [4.69, 9.17) is 4.74 Å². The van der Waals surface area contributed by atoms with E-state index in [9.17, 15) is 4.79 Å². The van der Waals surface area contributed by atoms with E-state index in [0.29, 0.717) is 5.92 Å². The summed E-state index contributed by atoms with van der Waals surface area (Å²) >= 11 is 0. The van der Waals surface area contributed by atoms with E-state index in [2.05, 4.69) is 28.2 Å². The number of hydrogen-bond acceptors (Lipinski definition) is 4. The van der Waals surface area contributed by atoms with E-state index >= 15 is 0 Å². The van der Waals surface area contributed by atoms with Gasteiger partial charge >= 0.3 is 0 Å². The zero-order chi connectivity index (χ0) is 18.2. The van der Waals surface area contributed by atoms with Gasteiger partial charge in [0.2, 0.25) is 0 Å². The number of nitrogens with zero attached hydrogens (tertiary/aromatic N) is 3. The highest BCUT2D eigenvalue weighted by molar-refractivity contribution is 5.39. The molecule has 1 saturated heterocycles. The first-order valence-electron chi connectivity index (χ1n) is 10.3. The van der Waals surface area contributed by atoms with Gasteiger partial charge in [0.15, 0.2) is 0 Å². The van der Waals surface area contributed by atoms with Gasteiger partial charge in [0, 0.05) is 38.0 Å². The van der Waals surface area contributed by atoms with E-state index in [1.807, 2.05) is 6.07 Å². The van der Waals surface area contributed by atoms with Gasteiger partial charge in [-0.1, -0.05) is 12.1 Å². The summed E-state index contributed by atoms with van der Waals surface area (Å²) < 4.78 is 7.30. The van der Waals surface area contributed by atoms with Crippen LogP contribution in [0.15, 0.2) is 29.1 Å². The molecule has 2 aliphatic heterocycles. The Bertz CT molecular complexity index is 899. The summed E-state index contributed by atoms with van der Waals surface area (Å²) in [5.41, 5.74) is 5.16. The Morgan fingerprint density at radius 1 is 1.07 bits per heavy atom. The zero-order valence-electron chi connectivity index (χ0n) is 15.8. The van der Waals surface area contributed by atoms with Gasteiger partial charge in [-0.05, 0) is 54.9 Å². The van der Waals surface area contributed by atoms with Gasteiger partial charge < -0.3 is 9.64 Å². The number of likely N-dealkylation sites (tertiary alicyclic amines) is 1. The summed E-state index contributed by atoms with van der Waals surface area (Å²) in [4.78, 5) is 14.8. The summed E-state index contributed by atoms with van der Waals surface area (Å²) in [5.74, 6) is 1.61. The molecule has 2 aromatic rings. The molecule has 142 valence electrons. The summed E-state index contributed by atoms with van der Waals surface area (Å²) in [6.07, 6.45) is 6.55. The van der Waals surface area contributed by atoms with Gasteiger partial charge in [-0.2, -0.15) is 5.10 Å². The molecule has 5 nitrogen and oxygen atoms in total. The maximum atomic E-state index is 12.3. The van der Waals surface area contributed by atoms with Crippen molar-refractivity contribution >= 4 is 0 Å². The van der Waals surface area contributed by atoms with E-state index in [1.54, 1.807) is 4.68 Å². The van der Waals surface area contributed by atoms with Crippen LogP contribution >= 0.6 is 0 Å². The van der Waals surface area contributed by atoms with Crippen molar-refractivity contribution in [3.8, 4) is 5.75 Å². The maximum Gasteiger partial charge on any atom is 0.267 e. The third kappa shape index (κ3) is 3.53. The minimum atomic E-state index is 0.0782. The van der Waals surface area contributed by atoms with Gasteiger partial charge in [0.25, 0.3) is 5.56 Å². The monoisotopic (exact) mass is 365 g/mol. The molecule has 1 fully saturated rings. The second-order valence-electron chi connectivity index (χ2n) is 8.26. The molecular formula is C22H27N3O2. The lowest BCUT2D eigenvalue weighted by atomic mass is 9.96. The predicted molar refractivity (Wildman–Crippen MR) is 104 cm³/mol. The van der Waals surface area contributed by atoms with E-state index in [1.165, 1.54) is 29.5 Å². The Morgan fingerprint density at radius 2 is 1.96 bits per heavy atom. The van der Waals surface area contributed by atoms with Gasteiger partial charge in [0.1, 0.15) is 5.75 Å². The van der Waals surface area contributed by atoms with Gasteiger partial charge in [-0.25, -0.2) is 4.68 Å². The van der Waals surface area contributed by atoms with Crippen LogP contribution in [0, 0.1) is 5.92 Å². The number of ether oxygens (including phenoxy) is 1. The van der Waals surface area contributed by atoms with Crippen LogP contribution in [0.25, 0.3) is 0 Å². The van der Waals surface area contributed by atoms with Crippen molar-refractivity contribution in [2.75, 3.05) is 26.2 Å². The highest BCUT2D eigenvalue weighted by Gasteiger charge is 2.27. The van der Waals surface area contributed by atoms with Crippen LogP contribution in [-0.4, -0.2) is 40.9 Å². The molecule has 5 heteroatoms.